The van der Waals surface area contributed by atoms with Gasteiger partial charge >= 0.3 is 0 Å². The van der Waals surface area contributed by atoms with Crippen molar-refractivity contribution in [2.24, 2.45) is 0 Å². The fourth-order valence-corrected chi connectivity index (χ4v) is 1.57. The Morgan fingerprint density at radius 3 is 2.38 bits per heavy atom. The van der Waals surface area contributed by atoms with Crippen molar-refractivity contribution in [2.45, 2.75) is 13.3 Å². The Balaban J connectivity index is 2.18. The average Bonchev–Trinajstić information content (AvgIpc) is 2.15. The lowest BCUT2D eigenvalue weighted by Crippen LogP contribution is -2.48. The molecular weight excluding hydrogens is 171 g/mol. The number of halogens is 1. The van der Waals surface area contributed by atoms with Gasteiger partial charge in [-0.15, -0.1) is 0 Å². The number of carbonyl (C=O) groups excluding carboxylic acids is 1. The van der Waals surface area contributed by atoms with E-state index in [1.54, 1.807) is 6.92 Å². The second-order valence-corrected chi connectivity index (χ2v) is 3.39. The largest absolute Gasteiger partial charge is 0.340 e. The van der Waals surface area contributed by atoms with Crippen LogP contribution < -0.4 is 0 Å². The van der Waals surface area contributed by atoms with E-state index in [4.69, 9.17) is 0 Å². The smallest absolute Gasteiger partial charge is 0.219 e. The third-order valence-electron chi connectivity index (χ3n) is 2.43. The summed E-state index contributed by atoms with van der Waals surface area (Å²) in [7, 11) is 0. The van der Waals surface area contributed by atoms with Gasteiger partial charge in [0.05, 0.1) is 6.67 Å². The van der Waals surface area contributed by atoms with Crippen LogP contribution in [0.4, 0.5) is 4.39 Å². The molecule has 0 aliphatic carbocycles. The summed E-state index contributed by atoms with van der Waals surface area (Å²) in [5.74, 6) is 0.144. The van der Waals surface area contributed by atoms with Crippen molar-refractivity contribution in [1.82, 2.24) is 9.80 Å². The minimum atomic E-state index is -0.243. The van der Waals surface area contributed by atoms with Crippen LogP contribution in [0.1, 0.15) is 13.3 Å². The van der Waals surface area contributed by atoms with Crippen LogP contribution in [0.15, 0.2) is 0 Å². The summed E-state index contributed by atoms with van der Waals surface area (Å²) < 4.78 is 11.9. The number of hydrogen-bond donors (Lipinski definition) is 0. The fraction of sp³-hybridized carbons (Fsp3) is 0.889. The molecule has 0 radical (unpaired) electrons. The molecule has 0 aromatic heterocycles. The Morgan fingerprint density at radius 1 is 1.31 bits per heavy atom. The molecule has 1 saturated heterocycles. The minimum Gasteiger partial charge on any atom is -0.340 e. The van der Waals surface area contributed by atoms with E-state index in [0.29, 0.717) is 6.42 Å². The molecule has 76 valence electrons. The minimum absolute atomic E-state index is 0.144. The van der Waals surface area contributed by atoms with Crippen LogP contribution in [0.2, 0.25) is 0 Å². The van der Waals surface area contributed by atoms with Crippen LogP contribution in [0.3, 0.4) is 0 Å². The maximum Gasteiger partial charge on any atom is 0.219 e. The van der Waals surface area contributed by atoms with Gasteiger partial charge < -0.3 is 4.90 Å². The molecule has 1 aliphatic rings. The van der Waals surface area contributed by atoms with E-state index in [0.717, 1.165) is 32.7 Å². The lowest BCUT2D eigenvalue weighted by molar-refractivity contribution is -0.130. The van der Waals surface area contributed by atoms with Gasteiger partial charge in [0.1, 0.15) is 0 Å². The van der Waals surface area contributed by atoms with Crippen LogP contribution in [0.25, 0.3) is 0 Å². The van der Waals surface area contributed by atoms with Crippen molar-refractivity contribution in [3.8, 4) is 0 Å². The maximum absolute atomic E-state index is 11.9. The van der Waals surface area contributed by atoms with Gasteiger partial charge in [-0.1, -0.05) is 0 Å². The zero-order valence-corrected chi connectivity index (χ0v) is 8.13. The highest BCUT2D eigenvalue weighted by atomic mass is 19.1. The number of alkyl halides is 1. The second-order valence-electron chi connectivity index (χ2n) is 3.39. The van der Waals surface area contributed by atoms with E-state index < -0.39 is 0 Å². The average molecular weight is 188 g/mol. The zero-order valence-electron chi connectivity index (χ0n) is 8.13. The highest BCUT2D eigenvalue weighted by Crippen LogP contribution is 2.02. The van der Waals surface area contributed by atoms with Crippen molar-refractivity contribution in [3.63, 3.8) is 0 Å². The van der Waals surface area contributed by atoms with E-state index in [-0.39, 0.29) is 12.6 Å². The van der Waals surface area contributed by atoms with Crippen molar-refractivity contribution >= 4 is 5.91 Å². The van der Waals surface area contributed by atoms with Crippen LogP contribution in [-0.4, -0.2) is 55.1 Å². The summed E-state index contributed by atoms with van der Waals surface area (Å²) in [6, 6.07) is 0. The predicted molar refractivity (Wildman–Crippen MR) is 49.3 cm³/mol. The first-order valence-electron chi connectivity index (χ1n) is 4.78. The molecular formula is C9H17FN2O. The van der Waals surface area contributed by atoms with Gasteiger partial charge in [0.15, 0.2) is 0 Å². The predicted octanol–water partition coefficient (Wildman–Crippen LogP) is 0.510. The summed E-state index contributed by atoms with van der Waals surface area (Å²) in [6.07, 6.45) is 0.611. The quantitative estimate of drug-likeness (QED) is 0.644. The molecule has 1 heterocycles. The lowest BCUT2D eigenvalue weighted by Gasteiger charge is -2.33. The summed E-state index contributed by atoms with van der Waals surface area (Å²) >= 11 is 0. The maximum atomic E-state index is 11.9. The van der Waals surface area contributed by atoms with Gasteiger partial charge in [0.25, 0.3) is 0 Å². The van der Waals surface area contributed by atoms with Crippen LogP contribution >= 0.6 is 0 Å². The molecule has 1 rings (SSSR count). The van der Waals surface area contributed by atoms with Gasteiger partial charge in [0.2, 0.25) is 5.91 Å². The highest BCUT2D eigenvalue weighted by molar-refractivity contribution is 5.73. The van der Waals surface area contributed by atoms with Gasteiger partial charge in [-0.25, -0.2) is 0 Å². The normalized spacial score (nSPS) is 19.1. The third kappa shape index (κ3) is 3.30. The first-order valence-corrected chi connectivity index (χ1v) is 4.78. The highest BCUT2D eigenvalue weighted by Gasteiger charge is 2.17. The molecule has 0 N–H and O–H groups in total. The molecule has 0 atom stereocenters. The molecule has 0 saturated carbocycles. The zero-order chi connectivity index (χ0) is 9.68. The SMILES string of the molecule is CC(=O)N1CCN(CCCF)CC1. The molecule has 0 spiro atoms. The fourth-order valence-electron chi connectivity index (χ4n) is 1.57. The Bertz CT molecular complexity index is 167. The number of nitrogens with zero attached hydrogens (tertiary/aromatic N) is 2. The number of piperazine rings is 1. The van der Waals surface area contributed by atoms with Gasteiger partial charge in [0, 0.05) is 39.6 Å². The van der Waals surface area contributed by atoms with E-state index in [1.807, 2.05) is 4.90 Å². The Hall–Kier alpha value is -0.640. The summed E-state index contributed by atoms with van der Waals surface area (Å²) in [5, 5.41) is 0. The van der Waals surface area contributed by atoms with Crippen molar-refractivity contribution in [2.75, 3.05) is 39.4 Å². The van der Waals surface area contributed by atoms with Crippen molar-refractivity contribution < 1.29 is 9.18 Å². The molecule has 13 heavy (non-hydrogen) atoms. The van der Waals surface area contributed by atoms with Gasteiger partial charge in [-0.05, 0) is 6.42 Å². The molecule has 1 fully saturated rings. The number of amides is 1. The molecule has 0 aromatic carbocycles. The first kappa shape index (κ1) is 10.4. The van der Waals surface area contributed by atoms with E-state index in [9.17, 15) is 9.18 Å². The molecule has 0 aromatic rings. The molecule has 0 bridgehead atoms. The number of carbonyl (C=O) groups is 1. The third-order valence-corrected chi connectivity index (χ3v) is 2.43. The standard InChI is InChI=1S/C9H17FN2O/c1-9(13)12-7-5-11(6-8-12)4-2-3-10/h2-8H2,1H3. The van der Waals surface area contributed by atoms with E-state index in [1.165, 1.54) is 0 Å². The molecule has 1 amide bonds. The van der Waals surface area contributed by atoms with Crippen LogP contribution in [0.5, 0.6) is 0 Å². The van der Waals surface area contributed by atoms with E-state index >= 15 is 0 Å². The number of hydrogen-bond acceptors (Lipinski definition) is 2. The summed E-state index contributed by atoms with van der Waals surface area (Å²) in [6.45, 7) is 5.54. The second kappa shape index (κ2) is 5.17. The molecule has 1 aliphatic heterocycles. The molecule has 4 heteroatoms. The molecule has 3 nitrogen and oxygen atoms in total. The van der Waals surface area contributed by atoms with Crippen LogP contribution in [-0.2, 0) is 4.79 Å². The van der Waals surface area contributed by atoms with Crippen LogP contribution in [0, 0.1) is 0 Å². The Morgan fingerprint density at radius 2 is 1.92 bits per heavy atom. The lowest BCUT2D eigenvalue weighted by atomic mass is 10.3. The summed E-state index contributed by atoms with van der Waals surface area (Å²) in [5.41, 5.74) is 0. The number of rotatable bonds is 3. The molecule has 0 unspecified atom stereocenters. The van der Waals surface area contributed by atoms with Gasteiger partial charge in [-0.2, -0.15) is 0 Å². The van der Waals surface area contributed by atoms with E-state index in [2.05, 4.69) is 4.90 Å². The Kier molecular flexibility index (Phi) is 4.15. The Labute approximate surface area is 78.5 Å². The monoisotopic (exact) mass is 188 g/mol. The van der Waals surface area contributed by atoms with Crippen molar-refractivity contribution in [3.05, 3.63) is 0 Å². The topological polar surface area (TPSA) is 23.6 Å². The first-order chi connectivity index (χ1) is 6.24. The summed E-state index contributed by atoms with van der Waals surface area (Å²) in [4.78, 5) is 15.0. The van der Waals surface area contributed by atoms with Crippen molar-refractivity contribution in [1.29, 1.82) is 0 Å². The van der Waals surface area contributed by atoms with Gasteiger partial charge in [-0.3, -0.25) is 14.1 Å².